The molecule has 0 aromatic heterocycles. The van der Waals surface area contributed by atoms with Gasteiger partial charge in [0.05, 0.1) is 28.4 Å². The largest absolute Gasteiger partial charge is 0.496 e. The number of benzene rings is 2. The number of ether oxygens (including phenoxy) is 4. The molecule has 1 aliphatic rings. The van der Waals surface area contributed by atoms with Gasteiger partial charge in [0.25, 0.3) is 0 Å². The first-order chi connectivity index (χ1) is 15.3. The Hall–Kier alpha value is -3.21. The average Bonchev–Trinajstić information content (AvgIpc) is 2.78. The predicted octanol–water partition coefficient (Wildman–Crippen LogP) is 5.80. The van der Waals surface area contributed by atoms with Crippen molar-refractivity contribution in [3.63, 3.8) is 0 Å². The van der Waals surface area contributed by atoms with Crippen molar-refractivity contribution in [1.29, 1.82) is 0 Å². The van der Waals surface area contributed by atoms with Gasteiger partial charge in [0.1, 0.15) is 5.75 Å². The zero-order valence-corrected chi connectivity index (χ0v) is 20.0. The Bertz CT molecular complexity index is 1050. The Morgan fingerprint density at radius 3 is 1.69 bits per heavy atom. The molecule has 0 bridgehead atoms. The zero-order chi connectivity index (χ0) is 23.4. The maximum absolute atomic E-state index is 13.4. The molecule has 5 heteroatoms. The Morgan fingerprint density at radius 2 is 1.22 bits per heavy atom. The summed E-state index contributed by atoms with van der Waals surface area (Å²) in [6.45, 7) is 6.27. The first-order valence-electron chi connectivity index (χ1n) is 10.7. The molecule has 0 N–H and O–H groups in total. The van der Waals surface area contributed by atoms with Crippen LogP contribution >= 0.6 is 0 Å². The Balaban J connectivity index is 2.02. The van der Waals surface area contributed by atoms with Gasteiger partial charge in [-0.25, -0.2) is 0 Å². The van der Waals surface area contributed by atoms with Crippen LogP contribution in [0.2, 0.25) is 0 Å². The third-order valence-electron chi connectivity index (χ3n) is 5.95. The summed E-state index contributed by atoms with van der Waals surface area (Å²) in [5.41, 5.74) is 5.66. The number of aryl methyl sites for hydroxylation is 1. The first kappa shape index (κ1) is 23.5. The van der Waals surface area contributed by atoms with Crippen LogP contribution in [0.25, 0.3) is 12.2 Å². The lowest BCUT2D eigenvalue weighted by molar-refractivity contribution is -0.113. The minimum atomic E-state index is 0.0778. The van der Waals surface area contributed by atoms with E-state index >= 15 is 0 Å². The molecule has 1 atom stereocenters. The molecule has 0 saturated heterocycles. The molecule has 0 heterocycles. The SMILES string of the molecule is COc1cc(/C=C2\CC(C)C/C(=C\c3cc(OC)c(OC)c(OC)c3)C2=O)cc(C)c1C. The number of Topliss-reactive ketones (excluding diaryl/α,β-unsaturated/α-hetero) is 1. The fourth-order valence-electron chi connectivity index (χ4n) is 4.20. The molecule has 2 aromatic rings. The fraction of sp³-hybridized carbons (Fsp3) is 0.370. The number of carbonyl (C=O) groups excluding carboxylic acids is 1. The second kappa shape index (κ2) is 9.94. The minimum absolute atomic E-state index is 0.0778. The molecule has 1 aliphatic carbocycles. The number of hydrogen-bond donors (Lipinski definition) is 0. The standard InChI is InChI=1S/C27H32O5/c1-16-8-21(11-19-10-17(2)18(3)23(13-19)29-4)26(28)22(9-16)12-20-14-24(30-5)27(32-7)25(15-20)31-6/h10-16H,8-9H2,1-7H3/b21-11+,22-12+. The zero-order valence-electron chi connectivity index (χ0n) is 20.0. The van der Waals surface area contributed by atoms with Gasteiger partial charge in [-0.2, -0.15) is 0 Å². The van der Waals surface area contributed by atoms with Gasteiger partial charge in [0, 0.05) is 11.1 Å². The number of allylic oxidation sites excluding steroid dienone is 2. The van der Waals surface area contributed by atoms with Gasteiger partial charge in [-0.1, -0.05) is 13.0 Å². The van der Waals surface area contributed by atoms with Gasteiger partial charge in [-0.3, -0.25) is 4.79 Å². The molecule has 170 valence electrons. The summed E-state index contributed by atoms with van der Waals surface area (Å²) in [4.78, 5) is 13.4. The smallest absolute Gasteiger partial charge is 0.203 e. The number of hydrogen-bond acceptors (Lipinski definition) is 5. The van der Waals surface area contributed by atoms with Gasteiger partial charge >= 0.3 is 0 Å². The van der Waals surface area contributed by atoms with Gasteiger partial charge in [-0.05, 0) is 85.2 Å². The molecule has 1 unspecified atom stereocenters. The average molecular weight is 437 g/mol. The first-order valence-corrected chi connectivity index (χ1v) is 10.7. The van der Waals surface area contributed by atoms with Crippen LogP contribution in [0.1, 0.15) is 42.0 Å². The number of rotatable bonds is 6. The van der Waals surface area contributed by atoms with Crippen molar-refractivity contribution in [1.82, 2.24) is 0 Å². The summed E-state index contributed by atoms with van der Waals surface area (Å²) >= 11 is 0. The van der Waals surface area contributed by atoms with Crippen molar-refractivity contribution in [2.75, 3.05) is 28.4 Å². The normalized spacial score (nSPS) is 18.7. The number of carbonyl (C=O) groups is 1. The highest BCUT2D eigenvalue weighted by Gasteiger charge is 2.26. The van der Waals surface area contributed by atoms with Crippen LogP contribution in [0, 0.1) is 19.8 Å². The van der Waals surface area contributed by atoms with Gasteiger partial charge in [-0.15, -0.1) is 0 Å². The summed E-state index contributed by atoms with van der Waals surface area (Å²) in [7, 11) is 6.41. The Morgan fingerprint density at radius 1 is 0.750 bits per heavy atom. The second-order valence-electron chi connectivity index (χ2n) is 8.31. The van der Waals surface area contributed by atoms with Crippen LogP contribution in [0.4, 0.5) is 0 Å². The van der Waals surface area contributed by atoms with E-state index < -0.39 is 0 Å². The van der Waals surface area contributed by atoms with Crippen LogP contribution in [0.15, 0.2) is 35.4 Å². The van der Waals surface area contributed by atoms with E-state index in [1.807, 2.05) is 37.3 Å². The van der Waals surface area contributed by atoms with Gasteiger partial charge in [0.15, 0.2) is 17.3 Å². The molecule has 32 heavy (non-hydrogen) atoms. The van der Waals surface area contributed by atoms with Crippen molar-refractivity contribution in [3.05, 3.63) is 57.7 Å². The molecule has 1 fully saturated rings. The highest BCUT2D eigenvalue weighted by Crippen LogP contribution is 2.40. The molecule has 0 spiro atoms. The van der Waals surface area contributed by atoms with E-state index in [2.05, 4.69) is 19.9 Å². The molecule has 3 rings (SSSR count). The summed E-state index contributed by atoms with van der Waals surface area (Å²) in [5, 5.41) is 0. The molecule has 2 aromatic carbocycles. The third-order valence-corrected chi connectivity index (χ3v) is 5.95. The van der Waals surface area contributed by atoms with Crippen molar-refractivity contribution in [2.24, 2.45) is 5.92 Å². The number of ketones is 1. The molecule has 0 aliphatic heterocycles. The number of methoxy groups -OCH3 is 4. The van der Waals surface area contributed by atoms with Crippen LogP contribution in [-0.2, 0) is 4.79 Å². The summed E-state index contributed by atoms with van der Waals surface area (Å²) < 4.78 is 21.8. The van der Waals surface area contributed by atoms with E-state index in [1.165, 1.54) is 0 Å². The lowest BCUT2D eigenvalue weighted by Crippen LogP contribution is -2.18. The van der Waals surface area contributed by atoms with Crippen LogP contribution in [-0.4, -0.2) is 34.2 Å². The van der Waals surface area contributed by atoms with E-state index in [4.69, 9.17) is 18.9 Å². The van der Waals surface area contributed by atoms with Crippen LogP contribution in [0.3, 0.4) is 0 Å². The maximum atomic E-state index is 13.4. The minimum Gasteiger partial charge on any atom is -0.496 e. The molecule has 0 radical (unpaired) electrons. The second-order valence-corrected chi connectivity index (χ2v) is 8.31. The van der Waals surface area contributed by atoms with E-state index in [0.717, 1.165) is 52.0 Å². The molecule has 1 saturated carbocycles. The van der Waals surface area contributed by atoms with Crippen molar-refractivity contribution in [3.8, 4) is 23.0 Å². The van der Waals surface area contributed by atoms with Crippen LogP contribution < -0.4 is 18.9 Å². The van der Waals surface area contributed by atoms with Crippen molar-refractivity contribution >= 4 is 17.9 Å². The monoisotopic (exact) mass is 436 g/mol. The van der Waals surface area contributed by atoms with E-state index in [0.29, 0.717) is 23.2 Å². The van der Waals surface area contributed by atoms with Gasteiger partial charge < -0.3 is 18.9 Å². The lowest BCUT2D eigenvalue weighted by Gasteiger charge is -2.23. The van der Waals surface area contributed by atoms with Crippen LogP contribution in [0.5, 0.6) is 23.0 Å². The summed E-state index contributed by atoms with van der Waals surface area (Å²) in [5.74, 6) is 2.93. The Labute approximate surface area is 190 Å². The van der Waals surface area contributed by atoms with E-state index in [1.54, 1.807) is 28.4 Å². The summed E-state index contributed by atoms with van der Waals surface area (Å²) in [6, 6.07) is 7.81. The third kappa shape index (κ3) is 4.82. The molecular weight excluding hydrogens is 404 g/mol. The maximum Gasteiger partial charge on any atom is 0.203 e. The van der Waals surface area contributed by atoms with Crippen molar-refractivity contribution < 1.29 is 23.7 Å². The van der Waals surface area contributed by atoms with Gasteiger partial charge in [0.2, 0.25) is 5.75 Å². The predicted molar refractivity (Wildman–Crippen MR) is 128 cm³/mol. The fourth-order valence-corrected chi connectivity index (χ4v) is 4.20. The Kier molecular flexibility index (Phi) is 7.29. The van der Waals surface area contributed by atoms with E-state index in [-0.39, 0.29) is 5.78 Å². The highest BCUT2D eigenvalue weighted by molar-refractivity contribution is 6.14. The summed E-state index contributed by atoms with van der Waals surface area (Å²) in [6.07, 6.45) is 5.40. The molecular formula is C27H32O5. The lowest BCUT2D eigenvalue weighted by atomic mass is 9.80. The molecule has 0 amide bonds. The highest BCUT2D eigenvalue weighted by atomic mass is 16.5. The molecule has 5 nitrogen and oxygen atoms in total. The van der Waals surface area contributed by atoms with Crippen molar-refractivity contribution in [2.45, 2.75) is 33.6 Å². The van der Waals surface area contributed by atoms with E-state index in [9.17, 15) is 4.79 Å². The quantitative estimate of drug-likeness (QED) is 0.536. The topological polar surface area (TPSA) is 54.0 Å².